The van der Waals surface area contributed by atoms with E-state index in [-0.39, 0.29) is 11.1 Å². The lowest BCUT2D eigenvalue weighted by atomic mass is 10.0. The Bertz CT molecular complexity index is 475. The molecule has 0 fully saturated rings. The van der Waals surface area contributed by atoms with Crippen molar-refractivity contribution in [2.75, 3.05) is 7.11 Å². The summed E-state index contributed by atoms with van der Waals surface area (Å²) in [5, 5.41) is 0.224. The molecule has 3 heteroatoms. The lowest BCUT2D eigenvalue weighted by Gasteiger charge is -2.38. The van der Waals surface area contributed by atoms with Gasteiger partial charge in [-0.15, -0.1) is 6.58 Å². The first-order valence-corrected chi connectivity index (χ1v) is 11.0. The molecule has 0 aliphatic rings. The van der Waals surface area contributed by atoms with E-state index in [1.165, 1.54) is 11.1 Å². The summed E-state index contributed by atoms with van der Waals surface area (Å²) in [5.41, 5.74) is 2.61. The summed E-state index contributed by atoms with van der Waals surface area (Å²) in [7, 11) is -0.0119. The Morgan fingerprint density at radius 1 is 1.18 bits per heavy atom. The van der Waals surface area contributed by atoms with E-state index in [2.05, 4.69) is 64.7 Å². The summed E-state index contributed by atoms with van der Waals surface area (Å²) in [4.78, 5) is 0. The summed E-state index contributed by atoms with van der Waals surface area (Å²) in [6.07, 6.45) is 4.04. The second-order valence-corrected chi connectivity index (χ2v) is 12.1. The fourth-order valence-corrected chi connectivity index (χ4v) is 3.50. The first-order valence-electron chi connectivity index (χ1n) is 8.07. The van der Waals surface area contributed by atoms with E-state index in [9.17, 15) is 0 Å². The summed E-state index contributed by atoms with van der Waals surface area (Å²) in [6, 6.07) is 8.47. The summed E-state index contributed by atoms with van der Waals surface area (Å²) >= 11 is 0. The van der Waals surface area contributed by atoms with Gasteiger partial charge in [0.1, 0.15) is 0 Å². The van der Waals surface area contributed by atoms with E-state index in [4.69, 9.17) is 9.16 Å². The summed E-state index contributed by atoms with van der Waals surface area (Å²) in [6.45, 7) is 16.0. The molecule has 124 valence electrons. The molecule has 0 unspecified atom stereocenters. The average molecular weight is 321 g/mol. The molecule has 22 heavy (non-hydrogen) atoms. The third-order valence-electron chi connectivity index (χ3n) is 4.63. The molecule has 0 N–H and O–H groups in total. The van der Waals surface area contributed by atoms with Crippen molar-refractivity contribution >= 4 is 8.32 Å². The molecule has 1 aromatic rings. The van der Waals surface area contributed by atoms with E-state index in [0.29, 0.717) is 6.61 Å². The van der Waals surface area contributed by atoms with Gasteiger partial charge in [0.2, 0.25) is 0 Å². The van der Waals surface area contributed by atoms with Crippen LogP contribution in [0, 0.1) is 0 Å². The van der Waals surface area contributed by atoms with Gasteiger partial charge in [-0.05, 0) is 42.1 Å². The van der Waals surface area contributed by atoms with Crippen LogP contribution in [0.1, 0.15) is 38.3 Å². The van der Waals surface area contributed by atoms with E-state index in [1.54, 1.807) is 7.11 Å². The van der Waals surface area contributed by atoms with Crippen molar-refractivity contribution in [3.8, 4) is 0 Å². The number of benzene rings is 1. The lowest BCUT2D eigenvalue weighted by molar-refractivity contribution is 0.183. The Labute approximate surface area is 137 Å². The largest absolute Gasteiger partial charge is 0.411 e. The van der Waals surface area contributed by atoms with Gasteiger partial charge in [-0.3, -0.25) is 0 Å². The Hall–Kier alpha value is -0.903. The van der Waals surface area contributed by atoms with Crippen LogP contribution in [-0.4, -0.2) is 21.5 Å². The molecule has 1 rings (SSSR count). The van der Waals surface area contributed by atoms with Gasteiger partial charge in [0.15, 0.2) is 8.32 Å². The van der Waals surface area contributed by atoms with E-state index < -0.39 is 8.32 Å². The minimum absolute atomic E-state index is 0.122. The molecule has 0 radical (unpaired) electrons. The molecule has 1 aromatic carbocycles. The quantitative estimate of drug-likeness (QED) is 0.475. The van der Waals surface area contributed by atoms with Gasteiger partial charge in [-0.25, -0.2) is 0 Å². The van der Waals surface area contributed by atoms with Crippen LogP contribution < -0.4 is 0 Å². The number of rotatable bonds is 8. The molecule has 0 heterocycles. The van der Waals surface area contributed by atoms with Crippen molar-refractivity contribution in [1.82, 2.24) is 0 Å². The van der Waals surface area contributed by atoms with Crippen LogP contribution in [-0.2, 0) is 22.2 Å². The highest BCUT2D eigenvalue weighted by atomic mass is 28.4. The third kappa shape index (κ3) is 5.38. The van der Waals surface area contributed by atoms with Crippen LogP contribution >= 0.6 is 0 Å². The minimum Gasteiger partial charge on any atom is -0.411 e. The number of hydrogen-bond acceptors (Lipinski definition) is 2. The average Bonchev–Trinajstić information content (AvgIpc) is 2.43. The van der Waals surface area contributed by atoms with Crippen molar-refractivity contribution < 1.29 is 9.16 Å². The Balaban J connectivity index is 2.71. The monoisotopic (exact) mass is 320 g/mol. The highest BCUT2D eigenvalue weighted by Crippen LogP contribution is 2.37. The van der Waals surface area contributed by atoms with E-state index in [0.717, 1.165) is 12.8 Å². The second-order valence-electron chi connectivity index (χ2n) is 7.39. The fraction of sp³-hybridized carbons (Fsp3) is 0.579. The van der Waals surface area contributed by atoms with Gasteiger partial charge in [0, 0.05) is 7.11 Å². The molecular formula is C19H32O2Si. The Morgan fingerprint density at radius 2 is 1.77 bits per heavy atom. The molecule has 0 amide bonds. The molecule has 0 saturated heterocycles. The summed E-state index contributed by atoms with van der Waals surface area (Å²) in [5.74, 6) is 0. The predicted octanol–water partition coefficient (Wildman–Crippen LogP) is 5.34. The number of aryl methyl sites for hydroxylation is 1. The maximum Gasteiger partial charge on any atom is 0.192 e. The zero-order valence-corrected chi connectivity index (χ0v) is 16.1. The maximum absolute atomic E-state index is 6.46. The highest BCUT2D eigenvalue weighted by molar-refractivity contribution is 6.74. The minimum atomic E-state index is -1.75. The molecular weight excluding hydrogens is 288 g/mol. The van der Waals surface area contributed by atoms with Crippen LogP contribution in [0.3, 0.4) is 0 Å². The number of ether oxygens (including phenoxy) is 1. The molecule has 0 aromatic heterocycles. The molecule has 0 spiro atoms. The maximum atomic E-state index is 6.46. The van der Waals surface area contributed by atoms with Crippen LogP contribution in [0.25, 0.3) is 0 Å². The van der Waals surface area contributed by atoms with Crippen LogP contribution in [0.2, 0.25) is 18.1 Å². The van der Waals surface area contributed by atoms with Crippen molar-refractivity contribution in [2.24, 2.45) is 0 Å². The Kier molecular flexibility index (Phi) is 7.04. The van der Waals surface area contributed by atoms with Gasteiger partial charge in [-0.2, -0.15) is 0 Å². The van der Waals surface area contributed by atoms with Crippen LogP contribution in [0.5, 0.6) is 0 Å². The Morgan fingerprint density at radius 3 is 2.27 bits per heavy atom. The highest BCUT2D eigenvalue weighted by Gasteiger charge is 2.38. The first-order chi connectivity index (χ1) is 10.2. The van der Waals surface area contributed by atoms with E-state index >= 15 is 0 Å². The number of methoxy groups -OCH3 is 1. The van der Waals surface area contributed by atoms with Crippen LogP contribution in [0.4, 0.5) is 0 Å². The van der Waals surface area contributed by atoms with Crippen molar-refractivity contribution in [2.45, 2.75) is 64.5 Å². The third-order valence-corrected chi connectivity index (χ3v) is 9.14. The fourth-order valence-electron chi connectivity index (χ4n) is 2.18. The number of hydrogen-bond donors (Lipinski definition) is 0. The smallest absolute Gasteiger partial charge is 0.192 e. The first kappa shape index (κ1) is 19.1. The topological polar surface area (TPSA) is 18.5 Å². The lowest BCUT2D eigenvalue weighted by Crippen LogP contribution is -2.43. The van der Waals surface area contributed by atoms with Gasteiger partial charge in [-0.1, -0.05) is 51.1 Å². The SMILES string of the molecule is C=C[C@@H](CCc1ccccc1COC)O[Si](C)(C)C(C)(C)C. The van der Waals surface area contributed by atoms with Gasteiger partial charge < -0.3 is 9.16 Å². The van der Waals surface area contributed by atoms with Crippen molar-refractivity contribution in [3.05, 3.63) is 48.0 Å². The van der Waals surface area contributed by atoms with Gasteiger partial charge in [0.25, 0.3) is 0 Å². The summed E-state index contributed by atoms with van der Waals surface area (Å²) < 4.78 is 11.7. The molecule has 0 aliphatic carbocycles. The molecule has 0 saturated carbocycles. The standard InChI is InChI=1S/C19H32O2Si/c1-8-18(21-22(6,7)19(2,3)4)14-13-16-11-9-10-12-17(16)15-20-5/h8-12,18H,1,13-15H2,2-7H3/t18-/m0/s1. The van der Waals surface area contributed by atoms with Crippen molar-refractivity contribution in [3.63, 3.8) is 0 Å². The van der Waals surface area contributed by atoms with Crippen molar-refractivity contribution in [1.29, 1.82) is 0 Å². The van der Waals surface area contributed by atoms with E-state index in [1.807, 2.05) is 6.08 Å². The van der Waals surface area contributed by atoms with Crippen LogP contribution in [0.15, 0.2) is 36.9 Å². The van der Waals surface area contributed by atoms with Gasteiger partial charge in [0.05, 0.1) is 12.7 Å². The zero-order chi connectivity index (χ0) is 16.8. The molecule has 1 atom stereocenters. The normalized spacial score (nSPS) is 13.9. The molecule has 2 nitrogen and oxygen atoms in total. The molecule has 0 aliphatic heterocycles. The molecule has 0 bridgehead atoms. The zero-order valence-electron chi connectivity index (χ0n) is 15.1. The predicted molar refractivity (Wildman–Crippen MR) is 97.7 cm³/mol. The second kappa shape index (κ2) is 8.09. The van der Waals surface area contributed by atoms with Gasteiger partial charge >= 0.3 is 0 Å².